The molecule has 2 heterocycles. The maximum atomic E-state index is 13.9. The van der Waals surface area contributed by atoms with Crippen LogP contribution in [-0.4, -0.2) is 14.9 Å². The van der Waals surface area contributed by atoms with Gasteiger partial charge in [0.1, 0.15) is 11.6 Å². The van der Waals surface area contributed by atoms with Crippen LogP contribution in [0.1, 0.15) is 25.5 Å². The van der Waals surface area contributed by atoms with Crippen molar-refractivity contribution >= 4 is 33.2 Å². The second-order valence-electron chi connectivity index (χ2n) is 8.49. The summed E-state index contributed by atoms with van der Waals surface area (Å²) in [7, 11) is 0. The summed E-state index contributed by atoms with van der Waals surface area (Å²) in [5.74, 6) is -0.230. The van der Waals surface area contributed by atoms with Gasteiger partial charge in [0.25, 0.3) is 5.56 Å². The van der Waals surface area contributed by atoms with E-state index in [0.717, 1.165) is 27.4 Å². The molecule has 3 aromatic carbocycles. The SMILES string of the molecule is CC(C)C(C(=O)NCc1ccccc1)n1c(=O)c2c3ccccc3cn2c2ccccc21. The third kappa shape index (κ3) is 3.26. The first-order chi connectivity index (χ1) is 15.6. The zero-order valence-corrected chi connectivity index (χ0v) is 18.2. The van der Waals surface area contributed by atoms with Crippen molar-refractivity contribution in [1.29, 1.82) is 0 Å². The molecule has 32 heavy (non-hydrogen) atoms. The highest BCUT2D eigenvalue weighted by Crippen LogP contribution is 2.27. The van der Waals surface area contributed by atoms with Crippen molar-refractivity contribution in [2.45, 2.75) is 26.4 Å². The Morgan fingerprint density at radius 1 is 0.875 bits per heavy atom. The molecule has 0 radical (unpaired) electrons. The van der Waals surface area contributed by atoms with Crippen LogP contribution in [0.25, 0.3) is 27.3 Å². The molecule has 1 amide bonds. The Hall–Kier alpha value is -3.86. The Morgan fingerprint density at radius 2 is 1.53 bits per heavy atom. The number of fused-ring (bicyclic) bond motifs is 5. The van der Waals surface area contributed by atoms with Gasteiger partial charge < -0.3 is 9.72 Å². The lowest BCUT2D eigenvalue weighted by molar-refractivity contribution is -0.125. The number of carbonyl (C=O) groups excluding carboxylic acids is 1. The van der Waals surface area contributed by atoms with Crippen molar-refractivity contribution in [3.63, 3.8) is 0 Å². The predicted molar refractivity (Wildman–Crippen MR) is 129 cm³/mol. The number of benzene rings is 3. The van der Waals surface area contributed by atoms with Crippen molar-refractivity contribution in [3.8, 4) is 0 Å². The molecule has 0 aliphatic carbocycles. The molecule has 160 valence electrons. The average Bonchev–Trinajstić information content (AvgIpc) is 3.21. The molecule has 1 atom stereocenters. The van der Waals surface area contributed by atoms with Gasteiger partial charge in [0, 0.05) is 23.5 Å². The molecule has 2 aromatic heterocycles. The van der Waals surface area contributed by atoms with Crippen LogP contribution in [0.15, 0.2) is 89.9 Å². The summed E-state index contributed by atoms with van der Waals surface area (Å²) in [5, 5.41) is 4.94. The summed E-state index contributed by atoms with van der Waals surface area (Å²) in [4.78, 5) is 27.3. The van der Waals surface area contributed by atoms with Gasteiger partial charge in [-0.2, -0.15) is 0 Å². The van der Waals surface area contributed by atoms with Crippen molar-refractivity contribution < 1.29 is 4.79 Å². The standard InChI is InChI=1S/C27H25N3O2/c1-18(2)24(26(31)28-16-19-10-4-3-5-11-19)30-23-15-9-8-14-22(23)29-17-20-12-6-7-13-21(20)25(29)27(30)32/h3-15,17-18,24H,16H2,1-2H3,(H,28,31). The molecule has 0 aliphatic heterocycles. The van der Waals surface area contributed by atoms with E-state index in [1.165, 1.54) is 0 Å². The number of carbonyl (C=O) groups is 1. The van der Waals surface area contributed by atoms with Crippen LogP contribution in [0.4, 0.5) is 0 Å². The van der Waals surface area contributed by atoms with E-state index in [2.05, 4.69) is 5.32 Å². The highest BCUT2D eigenvalue weighted by molar-refractivity contribution is 6.00. The highest BCUT2D eigenvalue weighted by atomic mass is 16.2. The van der Waals surface area contributed by atoms with Crippen LogP contribution in [0, 0.1) is 5.92 Å². The van der Waals surface area contributed by atoms with Gasteiger partial charge in [-0.25, -0.2) is 0 Å². The van der Waals surface area contributed by atoms with Crippen LogP contribution in [0.2, 0.25) is 0 Å². The monoisotopic (exact) mass is 423 g/mol. The minimum atomic E-state index is -0.630. The lowest BCUT2D eigenvalue weighted by atomic mass is 10.0. The minimum Gasteiger partial charge on any atom is -0.350 e. The Balaban J connectivity index is 1.71. The normalized spacial score (nSPS) is 12.6. The van der Waals surface area contributed by atoms with Crippen LogP contribution in [0.5, 0.6) is 0 Å². The van der Waals surface area contributed by atoms with Gasteiger partial charge in [0.2, 0.25) is 5.91 Å². The van der Waals surface area contributed by atoms with E-state index in [1.807, 2.05) is 103 Å². The van der Waals surface area contributed by atoms with Crippen molar-refractivity contribution in [1.82, 2.24) is 14.3 Å². The zero-order valence-electron chi connectivity index (χ0n) is 18.2. The van der Waals surface area contributed by atoms with Crippen LogP contribution in [-0.2, 0) is 11.3 Å². The molecule has 0 aliphatic rings. The lowest BCUT2D eigenvalue weighted by Gasteiger charge is -2.25. The van der Waals surface area contributed by atoms with Crippen molar-refractivity contribution in [2.75, 3.05) is 0 Å². The largest absolute Gasteiger partial charge is 0.350 e. The van der Waals surface area contributed by atoms with E-state index in [9.17, 15) is 9.59 Å². The highest BCUT2D eigenvalue weighted by Gasteiger charge is 2.28. The molecule has 0 saturated carbocycles. The number of amides is 1. The van der Waals surface area contributed by atoms with Crippen LogP contribution >= 0.6 is 0 Å². The fourth-order valence-corrected chi connectivity index (χ4v) is 4.55. The molecular weight excluding hydrogens is 398 g/mol. The van der Waals surface area contributed by atoms with Crippen molar-refractivity contribution in [3.05, 3.63) is 101 Å². The van der Waals surface area contributed by atoms with E-state index >= 15 is 0 Å². The quantitative estimate of drug-likeness (QED) is 0.436. The molecule has 0 fully saturated rings. The summed E-state index contributed by atoms with van der Waals surface area (Å²) in [6, 6.07) is 24.8. The molecule has 5 nitrogen and oxygen atoms in total. The molecule has 1 unspecified atom stereocenters. The molecule has 5 heteroatoms. The number of hydrogen-bond acceptors (Lipinski definition) is 2. The minimum absolute atomic E-state index is 0.0736. The third-order valence-corrected chi connectivity index (χ3v) is 6.04. The van der Waals surface area contributed by atoms with E-state index in [0.29, 0.717) is 12.1 Å². The number of aromatic nitrogens is 2. The summed E-state index contributed by atoms with van der Waals surface area (Å²) in [5.41, 5.74) is 3.12. The summed E-state index contributed by atoms with van der Waals surface area (Å²) in [6.45, 7) is 4.38. The van der Waals surface area contributed by atoms with Gasteiger partial charge in [0.05, 0.1) is 11.0 Å². The molecule has 5 rings (SSSR count). The fraction of sp³-hybridized carbons (Fsp3) is 0.185. The predicted octanol–water partition coefficient (Wildman–Crippen LogP) is 4.92. The number of nitrogens with one attached hydrogen (secondary N) is 1. The van der Waals surface area contributed by atoms with Crippen LogP contribution in [0.3, 0.4) is 0 Å². The number of hydrogen-bond donors (Lipinski definition) is 1. The number of para-hydroxylation sites is 2. The van der Waals surface area contributed by atoms with Gasteiger partial charge in [-0.1, -0.05) is 80.6 Å². The topological polar surface area (TPSA) is 55.5 Å². The Bertz CT molecular complexity index is 1500. The lowest BCUT2D eigenvalue weighted by Crippen LogP contribution is -2.40. The molecule has 0 bridgehead atoms. The molecular formula is C27H25N3O2. The van der Waals surface area contributed by atoms with Gasteiger partial charge in [0.15, 0.2) is 0 Å². The van der Waals surface area contributed by atoms with Gasteiger partial charge in [-0.05, 0) is 23.6 Å². The van der Waals surface area contributed by atoms with E-state index in [-0.39, 0.29) is 17.4 Å². The zero-order chi connectivity index (χ0) is 22.2. The second kappa shape index (κ2) is 8.00. The van der Waals surface area contributed by atoms with Gasteiger partial charge in [-0.15, -0.1) is 0 Å². The van der Waals surface area contributed by atoms with Gasteiger partial charge >= 0.3 is 0 Å². The van der Waals surface area contributed by atoms with Gasteiger partial charge in [-0.3, -0.25) is 14.2 Å². The first-order valence-electron chi connectivity index (χ1n) is 10.9. The fourth-order valence-electron chi connectivity index (χ4n) is 4.55. The second-order valence-corrected chi connectivity index (χ2v) is 8.49. The smallest absolute Gasteiger partial charge is 0.276 e. The Morgan fingerprint density at radius 3 is 2.28 bits per heavy atom. The summed E-state index contributed by atoms with van der Waals surface area (Å²) >= 11 is 0. The van der Waals surface area contributed by atoms with Crippen LogP contribution < -0.4 is 10.9 Å². The summed E-state index contributed by atoms with van der Waals surface area (Å²) in [6.07, 6.45) is 2.00. The Labute approximate surface area is 185 Å². The maximum absolute atomic E-state index is 13.9. The maximum Gasteiger partial charge on any atom is 0.276 e. The van der Waals surface area contributed by atoms with Crippen molar-refractivity contribution in [2.24, 2.45) is 5.92 Å². The first kappa shape index (κ1) is 20.1. The number of nitrogens with zero attached hydrogens (tertiary/aromatic N) is 2. The molecule has 5 aromatic rings. The van der Waals surface area contributed by atoms with E-state index in [4.69, 9.17) is 0 Å². The third-order valence-electron chi connectivity index (χ3n) is 6.04. The summed E-state index contributed by atoms with van der Waals surface area (Å²) < 4.78 is 3.64. The Kier molecular flexibility index (Phi) is 5.02. The molecule has 0 saturated heterocycles. The van der Waals surface area contributed by atoms with E-state index in [1.54, 1.807) is 4.57 Å². The average molecular weight is 424 g/mol. The van der Waals surface area contributed by atoms with E-state index < -0.39 is 6.04 Å². The number of rotatable bonds is 5. The molecule has 0 spiro atoms. The first-order valence-corrected chi connectivity index (χ1v) is 10.9. The molecule has 1 N–H and O–H groups in total.